The number of benzene rings is 1. The van der Waals surface area contributed by atoms with Gasteiger partial charge in [0.2, 0.25) is 0 Å². The van der Waals surface area contributed by atoms with Crippen LogP contribution in [-0.4, -0.2) is 18.2 Å². The third-order valence-corrected chi connectivity index (χ3v) is 1.99. The number of hydrogen-bond donors (Lipinski definition) is 1. The van der Waals surface area contributed by atoms with Gasteiger partial charge in [-0.05, 0) is 32.9 Å². The Kier molecular flexibility index (Phi) is 4.97. The zero-order valence-corrected chi connectivity index (χ0v) is 11.3. The van der Waals surface area contributed by atoms with Gasteiger partial charge in [-0.15, -0.1) is 0 Å². The van der Waals surface area contributed by atoms with Crippen molar-refractivity contribution in [1.82, 2.24) is 5.32 Å². The SMILES string of the molecule is CC(C)(C)OC(=O)NCC#Cc1ccccc1C#N. The number of amides is 1. The van der Waals surface area contributed by atoms with Gasteiger partial charge in [0.25, 0.3) is 0 Å². The van der Waals surface area contributed by atoms with E-state index in [0.717, 1.165) is 0 Å². The number of carbonyl (C=O) groups excluding carboxylic acids is 1. The largest absolute Gasteiger partial charge is 0.444 e. The molecule has 0 aliphatic rings. The Labute approximate surface area is 113 Å². The molecular formula is C15H16N2O2. The van der Waals surface area contributed by atoms with Crippen molar-refractivity contribution in [3.8, 4) is 17.9 Å². The van der Waals surface area contributed by atoms with E-state index in [1.165, 1.54) is 0 Å². The van der Waals surface area contributed by atoms with Crippen LogP contribution < -0.4 is 5.32 Å². The van der Waals surface area contributed by atoms with Gasteiger partial charge in [-0.25, -0.2) is 4.79 Å². The normalized spacial score (nSPS) is 9.79. The minimum Gasteiger partial charge on any atom is -0.444 e. The van der Waals surface area contributed by atoms with Crippen LogP contribution in [0, 0.1) is 23.2 Å². The van der Waals surface area contributed by atoms with Crippen LogP contribution in [0.4, 0.5) is 4.79 Å². The maximum absolute atomic E-state index is 11.3. The van der Waals surface area contributed by atoms with E-state index in [0.29, 0.717) is 11.1 Å². The summed E-state index contributed by atoms with van der Waals surface area (Å²) in [7, 11) is 0. The summed E-state index contributed by atoms with van der Waals surface area (Å²) in [5.41, 5.74) is 0.647. The highest BCUT2D eigenvalue weighted by molar-refractivity contribution is 5.68. The summed E-state index contributed by atoms with van der Waals surface area (Å²) in [5, 5.41) is 11.4. The predicted molar refractivity (Wildman–Crippen MR) is 72.3 cm³/mol. The van der Waals surface area contributed by atoms with Crippen molar-refractivity contribution in [3.63, 3.8) is 0 Å². The Morgan fingerprint density at radius 3 is 2.53 bits per heavy atom. The first-order chi connectivity index (χ1) is 8.92. The molecule has 4 heteroatoms. The Hall–Kier alpha value is -2.46. The van der Waals surface area contributed by atoms with E-state index in [9.17, 15) is 4.79 Å². The van der Waals surface area contributed by atoms with Crippen molar-refractivity contribution in [1.29, 1.82) is 5.26 Å². The highest BCUT2D eigenvalue weighted by Crippen LogP contribution is 2.06. The van der Waals surface area contributed by atoms with Gasteiger partial charge in [-0.2, -0.15) is 5.26 Å². The van der Waals surface area contributed by atoms with Gasteiger partial charge >= 0.3 is 6.09 Å². The Balaban J connectivity index is 2.53. The van der Waals surface area contributed by atoms with Crippen LogP contribution in [0.5, 0.6) is 0 Å². The first-order valence-electron chi connectivity index (χ1n) is 5.87. The summed E-state index contributed by atoms with van der Waals surface area (Å²) < 4.78 is 5.06. The molecule has 1 aromatic rings. The van der Waals surface area contributed by atoms with Crippen LogP contribution in [-0.2, 0) is 4.74 Å². The van der Waals surface area contributed by atoms with Gasteiger partial charge in [0.1, 0.15) is 11.7 Å². The van der Waals surface area contributed by atoms with Crippen LogP contribution >= 0.6 is 0 Å². The number of alkyl carbamates (subject to hydrolysis) is 1. The maximum Gasteiger partial charge on any atom is 0.408 e. The van der Waals surface area contributed by atoms with E-state index in [4.69, 9.17) is 10.00 Å². The number of nitrogens with zero attached hydrogens (tertiary/aromatic N) is 1. The topological polar surface area (TPSA) is 62.1 Å². The molecule has 0 aromatic heterocycles. The van der Waals surface area contributed by atoms with Crippen molar-refractivity contribution >= 4 is 6.09 Å². The van der Waals surface area contributed by atoms with Crippen LogP contribution in [0.25, 0.3) is 0 Å². The second kappa shape index (κ2) is 6.47. The molecule has 1 rings (SSSR count). The van der Waals surface area contributed by atoms with E-state index in [2.05, 4.69) is 23.2 Å². The predicted octanol–water partition coefficient (Wildman–Crippen LogP) is 2.43. The summed E-state index contributed by atoms with van der Waals surface area (Å²) in [6.45, 7) is 5.55. The fourth-order valence-corrected chi connectivity index (χ4v) is 1.26. The molecule has 1 aromatic carbocycles. The molecule has 4 nitrogen and oxygen atoms in total. The molecule has 0 fully saturated rings. The Bertz CT molecular complexity index is 554. The third-order valence-electron chi connectivity index (χ3n) is 1.99. The number of rotatable bonds is 1. The van der Waals surface area contributed by atoms with E-state index in [-0.39, 0.29) is 6.54 Å². The first-order valence-corrected chi connectivity index (χ1v) is 5.87. The zero-order chi connectivity index (χ0) is 14.3. The third kappa shape index (κ3) is 5.61. The minimum atomic E-state index is -0.523. The molecular weight excluding hydrogens is 240 g/mol. The second-order valence-corrected chi connectivity index (χ2v) is 4.81. The number of carbonyl (C=O) groups is 1. The summed E-state index contributed by atoms with van der Waals surface area (Å²) in [6, 6.07) is 9.12. The van der Waals surface area contributed by atoms with Crippen LogP contribution in [0.15, 0.2) is 24.3 Å². The lowest BCUT2D eigenvalue weighted by Gasteiger charge is -2.18. The molecule has 0 heterocycles. The van der Waals surface area contributed by atoms with Crippen LogP contribution in [0.1, 0.15) is 31.9 Å². The monoisotopic (exact) mass is 256 g/mol. The second-order valence-electron chi connectivity index (χ2n) is 4.81. The quantitative estimate of drug-likeness (QED) is 0.785. The van der Waals surface area contributed by atoms with Gasteiger partial charge in [-0.3, -0.25) is 0 Å². The van der Waals surface area contributed by atoms with Crippen molar-refractivity contribution in [3.05, 3.63) is 35.4 Å². The van der Waals surface area contributed by atoms with Crippen molar-refractivity contribution in [2.45, 2.75) is 26.4 Å². The lowest BCUT2D eigenvalue weighted by atomic mass is 10.1. The van der Waals surface area contributed by atoms with E-state index < -0.39 is 11.7 Å². The number of ether oxygens (including phenoxy) is 1. The lowest BCUT2D eigenvalue weighted by Crippen LogP contribution is -2.32. The molecule has 0 bridgehead atoms. The van der Waals surface area contributed by atoms with E-state index in [1.54, 1.807) is 39.0 Å². The van der Waals surface area contributed by atoms with E-state index in [1.807, 2.05) is 6.07 Å². The molecule has 0 atom stereocenters. The molecule has 0 saturated heterocycles. The van der Waals surface area contributed by atoms with Gasteiger partial charge in [0, 0.05) is 5.56 Å². The van der Waals surface area contributed by atoms with E-state index >= 15 is 0 Å². The van der Waals surface area contributed by atoms with Gasteiger partial charge < -0.3 is 10.1 Å². The van der Waals surface area contributed by atoms with Gasteiger partial charge in [0.15, 0.2) is 0 Å². The van der Waals surface area contributed by atoms with Crippen LogP contribution in [0.3, 0.4) is 0 Å². The van der Waals surface area contributed by atoms with Crippen LogP contribution in [0.2, 0.25) is 0 Å². The average Bonchev–Trinajstić information content (AvgIpc) is 2.33. The number of hydrogen-bond acceptors (Lipinski definition) is 3. The highest BCUT2D eigenvalue weighted by Gasteiger charge is 2.14. The minimum absolute atomic E-state index is 0.175. The smallest absolute Gasteiger partial charge is 0.408 e. The lowest BCUT2D eigenvalue weighted by molar-refractivity contribution is 0.0535. The fourth-order valence-electron chi connectivity index (χ4n) is 1.26. The maximum atomic E-state index is 11.3. The molecule has 1 N–H and O–H groups in total. The molecule has 0 saturated carbocycles. The molecule has 1 amide bonds. The Morgan fingerprint density at radius 1 is 1.32 bits per heavy atom. The average molecular weight is 256 g/mol. The summed E-state index contributed by atoms with van der Waals surface area (Å²) in [5.74, 6) is 5.62. The highest BCUT2D eigenvalue weighted by atomic mass is 16.6. The summed E-state index contributed by atoms with van der Waals surface area (Å²) >= 11 is 0. The van der Waals surface area contributed by atoms with Crippen molar-refractivity contribution in [2.24, 2.45) is 0 Å². The number of nitriles is 1. The first kappa shape index (κ1) is 14.6. The molecule has 0 aliphatic heterocycles. The summed E-state index contributed by atoms with van der Waals surface area (Å²) in [4.78, 5) is 11.3. The molecule has 0 spiro atoms. The molecule has 19 heavy (non-hydrogen) atoms. The fraction of sp³-hybridized carbons (Fsp3) is 0.333. The van der Waals surface area contributed by atoms with Crippen molar-refractivity contribution < 1.29 is 9.53 Å². The van der Waals surface area contributed by atoms with Gasteiger partial charge in [-0.1, -0.05) is 24.0 Å². The number of nitrogens with one attached hydrogen (secondary N) is 1. The molecule has 0 radical (unpaired) electrons. The zero-order valence-electron chi connectivity index (χ0n) is 11.3. The molecule has 98 valence electrons. The van der Waals surface area contributed by atoms with Gasteiger partial charge in [0.05, 0.1) is 12.1 Å². The Morgan fingerprint density at radius 2 is 1.95 bits per heavy atom. The van der Waals surface area contributed by atoms with Crippen molar-refractivity contribution in [2.75, 3.05) is 6.54 Å². The standard InChI is InChI=1S/C15H16N2O2/c1-15(2,3)19-14(18)17-10-6-9-12-7-4-5-8-13(12)11-16/h4-5,7-8H,10H2,1-3H3,(H,17,18). The molecule has 0 aliphatic carbocycles. The summed E-state index contributed by atoms with van der Waals surface area (Å²) in [6.07, 6.45) is -0.504. The molecule has 0 unspecified atom stereocenters.